The summed E-state index contributed by atoms with van der Waals surface area (Å²) in [6.07, 6.45) is 4.68. The molecule has 1 aromatic rings. The number of aryl methyl sites for hydroxylation is 1. The Bertz CT molecular complexity index is 426. The topological polar surface area (TPSA) is 100 Å². The maximum absolute atomic E-state index is 11.6. The average Bonchev–Trinajstić information content (AvgIpc) is 2.81. The standard InChI is InChI=1S/C12H20N4O3/c1-9-15-10(16-19-9)7-13-11(17)14-8-12(18)5-3-2-4-6-12/h18H,2-8H2,1H3,(H2,13,14,17). The number of amides is 2. The van der Waals surface area contributed by atoms with Gasteiger partial charge >= 0.3 is 6.03 Å². The van der Waals surface area contributed by atoms with E-state index in [-0.39, 0.29) is 19.1 Å². The Morgan fingerprint density at radius 2 is 2.11 bits per heavy atom. The second kappa shape index (κ2) is 6.01. The molecule has 0 radical (unpaired) electrons. The summed E-state index contributed by atoms with van der Waals surface area (Å²) >= 11 is 0. The highest BCUT2D eigenvalue weighted by Crippen LogP contribution is 2.27. The molecule has 2 rings (SSSR count). The van der Waals surface area contributed by atoms with Crippen LogP contribution in [0.25, 0.3) is 0 Å². The first-order valence-electron chi connectivity index (χ1n) is 6.61. The molecule has 1 aromatic heterocycles. The van der Waals surface area contributed by atoms with Crippen molar-refractivity contribution in [2.45, 2.75) is 51.2 Å². The molecular formula is C12H20N4O3. The van der Waals surface area contributed by atoms with Crippen molar-refractivity contribution in [3.63, 3.8) is 0 Å². The largest absolute Gasteiger partial charge is 0.388 e. The summed E-state index contributed by atoms with van der Waals surface area (Å²) in [7, 11) is 0. The van der Waals surface area contributed by atoms with Crippen LogP contribution in [0.3, 0.4) is 0 Å². The first-order valence-corrected chi connectivity index (χ1v) is 6.61. The molecule has 7 nitrogen and oxygen atoms in total. The van der Waals surface area contributed by atoms with Crippen LogP contribution < -0.4 is 10.6 Å². The van der Waals surface area contributed by atoms with Gasteiger partial charge in [0.15, 0.2) is 5.82 Å². The Labute approximate surface area is 111 Å². The number of aliphatic hydroxyl groups is 1. The van der Waals surface area contributed by atoms with Gasteiger partial charge in [-0.25, -0.2) is 4.79 Å². The zero-order valence-electron chi connectivity index (χ0n) is 11.1. The number of rotatable bonds is 4. The second-order valence-corrected chi connectivity index (χ2v) is 5.05. The molecule has 7 heteroatoms. The Morgan fingerprint density at radius 3 is 2.74 bits per heavy atom. The van der Waals surface area contributed by atoms with E-state index in [2.05, 4.69) is 20.8 Å². The van der Waals surface area contributed by atoms with Gasteiger partial charge in [-0.2, -0.15) is 4.98 Å². The lowest BCUT2D eigenvalue weighted by Crippen LogP contribution is -2.47. The third kappa shape index (κ3) is 4.20. The molecule has 1 aliphatic carbocycles. The molecule has 19 heavy (non-hydrogen) atoms. The quantitative estimate of drug-likeness (QED) is 0.752. The number of hydrogen-bond donors (Lipinski definition) is 3. The van der Waals surface area contributed by atoms with Crippen LogP contribution in [0.4, 0.5) is 4.79 Å². The Balaban J connectivity index is 1.69. The first-order chi connectivity index (χ1) is 9.07. The number of urea groups is 1. The summed E-state index contributed by atoms with van der Waals surface area (Å²) < 4.78 is 4.80. The summed E-state index contributed by atoms with van der Waals surface area (Å²) in [6.45, 7) is 2.18. The minimum atomic E-state index is -0.752. The average molecular weight is 268 g/mol. The predicted molar refractivity (Wildman–Crippen MR) is 67.3 cm³/mol. The van der Waals surface area contributed by atoms with Crippen LogP contribution in [-0.2, 0) is 6.54 Å². The number of nitrogens with one attached hydrogen (secondary N) is 2. The Hall–Kier alpha value is -1.63. The van der Waals surface area contributed by atoms with Crippen molar-refractivity contribution in [1.29, 1.82) is 0 Å². The Morgan fingerprint density at radius 1 is 1.37 bits per heavy atom. The summed E-state index contributed by atoms with van der Waals surface area (Å²) in [5.74, 6) is 0.901. The summed E-state index contributed by atoms with van der Waals surface area (Å²) in [4.78, 5) is 15.6. The van der Waals surface area contributed by atoms with E-state index >= 15 is 0 Å². The molecule has 3 N–H and O–H groups in total. The molecule has 1 aliphatic rings. The maximum atomic E-state index is 11.6. The van der Waals surface area contributed by atoms with Gasteiger partial charge in [0.1, 0.15) is 0 Å². The molecule has 1 heterocycles. The van der Waals surface area contributed by atoms with E-state index < -0.39 is 5.60 Å². The Kier molecular flexibility index (Phi) is 4.36. The second-order valence-electron chi connectivity index (χ2n) is 5.05. The highest BCUT2D eigenvalue weighted by molar-refractivity contribution is 5.73. The van der Waals surface area contributed by atoms with Gasteiger partial charge in [-0.3, -0.25) is 0 Å². The van der Waals surface area contributed by atoms with Gasteiger partial charge in [-0.1, -0.05) is 24.4 Å². The molecule has 0 spiro atoms. The third-order valence-electron chi connectivity index (χ3n) is 3.34. The van der Waals surface area contributed by atoms with Crippen LogP contribution in [0.2, 0.25) is 0 Å². The molecule has 0 bridgehead atoms. The van der Waals surface area contributed by atoms with Crippen molar-refractivity contribution in [3.05, 3.63) is 11.7 Å². The van der Waals surface area contributed by atoms with E-state index in [9.17, 15) is 9.90 Å². The molecule has 0 saturated heterocycles. The van der Waals surface area contributed by atoms with E-state index in [4.69, 9.17) is 4.52 Å². The predicted octanol–water partition coefficient (Wildman–Crippen LogP) is 0.872. The summed E-state index contributed by atoms with van der Waals surface area (Å²) in [5.41, 5.74) is -0.752. The minimum Gasteiger partial charge on any atom is -0.388 e. The van der Waals surface area contributed by atoms with Gasteiger partial charge < -0.3 is 20.3 Å². The zero-order chi connectivity index (χ0) is 13.7. The van der Waals surface area contributed by atoms with Crippen LogP contribution >= 0.6 is 0 Å². The molecular weight excluding hydrogens is 248 g/mol. The van der Waals surface area contributed by atoms with Crippen molar-refractivity contribution in [1.82, 2.24) is 20.8 Å². The van der Waals surface area contributed by atoms with Gasteiger partial charge in [-0.05, 0) is 12.8 Å². The van der Waals surface area contributed by atoms with Crippen LogP contribution in [0, 0.1) is 6.92 Å². The molecule has 0 aliphatic heterocycles. The third-order valence-corrected chi connectivity index (χ3v) is 3.34. The molecule has 0 atom stereocenters. The summed E-state index contributed by atoms with van der Waals surface area (Å²) in [5, 5.41) is 19.2. The molecule has 2 amide bonds. The molecule has 0 unspecified atom stereocenters. The van der Waals surface area contributed by atoms with Crippen molar-refractivity contribution in [2.24, 2.45) is 0 Å². The number of hydrogen-bond acceptors (Lipinski definition) is 5. The summed E-state index contributed by atoms with van der Waals surface area (Å²) in [6, 6.07) is -0.332. The van der Waals surface area contributed by atoms with E-state index in [1.54, 1.807) is 6.92 Å². The molecule has 0 aromatic carbocycles. The fourth-order valence-corrected chi connectivity index (χ4v) is 2.27. The monoisotopic (exact) mass is 268 g/mol. The van der Waals surface area contributed by atoms with Gasteiger partial charge in [0.05, 0.1) is 12.1 Å². The van der Waals surface area contributed by atoms with Crippen LogP contribution in [0.1, 0.15) is 43.8 Å². The van der Waals surface area contributed by atoms with Crippen LogP contribution in [0.15, 0.2) is 4.52 Å². The van der Waals surface area contributed by atoms with E-state index in [1.165, 1.54) is 0 Å². The zero-order valence-corrected chi connectivity index (χ0v) is 11.1. The fourth-order valence-electron chi connectivity index (χ4n) is 2.27. The molecule has 106 valence electrons. The lowest BCUT2D eigenvalue weighted by atomic mass is 9.85. The maximum Gasteiger partial charge on any atom is 0.315 e. The van der Waals surface area contributed by atoms with E-state index in [0.29, 0.717) is 11.7 Å². The first kappa shape index (κ1) is 13.8. The highest BCUT2D eigenvalue weighted by Gasteiger charge is 2.29. The van der Waals surface area contributed by atoms with Gasteiger partial charge in [0.2, 0.25) is 5.89 Å². The smallest absolute Gasteiger partial charge is 0.315 e. The molecule has 1 saturated carbocycles. The van der Waals surface area contributed by atoms with Crippen molar-refractivity contribution in [2.75, 3.05) is 6.54 Å². The lowest BCUT2D eigenvalue weighted by molar-refractivity contribution is 0.00719. The number of nitrogens with zero attached hydrogens (tertiary/aromatic N) is 2. The lowest BCUT2D eigenvalue weighted by Gasteiger charge is -2.32. The number of aromatic nitrogens is 2. The van der Waals surface area contributed by atoms with Crippen molar-refractivity contribution >= 4 is 6.03 Å². The normalized spacial score (nSPS) is 18.0. The molecule has 1 fully saturated rings. The highest BCUT2D eigenvalue weighted by atomic mass is 16.5. The number of carbonyl (C=O) groups is 1. The minimum absolute atomic E-state index is 0.210. The van der Waals surface area contributed by atoms with E-state index in [0.717, 1.165) is 32.1 Å². The van der Waals surface area contributed by atoms with E-state index in [1.807, 2.05) is 0 Å². The van der Waals surface area contributed by atoms with Crippen molar-refractivity contribution in [3.8, 4) is 0 Å². The number of carbonyl (C=O) groups excluding carboxylic acids is 1. The van der Waals surface area contributed by atoms with Crippen LogP contribution in [0.5, 0.6) is 0 Å². The fraction of sp³-hybridized carbons (Fsp3) is 0.750. The SMILES string of the molecule is Cc1nc(CNC(=O)NCC2(O)CCCCC2)no1. The van der Waals surface area contributed by atoms with Gasteiger partial charge in [-0.15, -0.1) is 0 Å². The van der Waals surface area contributed by atoms with Gasteiger partial charge in [0.25, 0.3) is 0 Å². The van der Waals surface area contributed by atoms with Crippen molar-refractivity contribution < 1.29 is 14.4 Å². The van der Waals surface area contributed by atoms with Crippen LogP contribution in [-0.4, -0.2) is 33.4 Å². The van der Waals surface area contributed by atoms with Gasteiger partial charge in [0, 0.05) is 13.5 Å².